The van der Waals surface area contributed by atoms with Crippen molar-refractivity contribution in [3.8, 4) is 0 Å². The summed E-state index contributed by atoms with van der Waals surface area (Å²) in [6.07, 6.45) is 0.453. The monoisotopic (exact) mass is 371 g/mol. The molecule has 134 valence electrons. The normalized spacial score (nSPS) is 12.0. The van der Waals surface area contributed by atoms with Crippen LogP contribution in [0.3, 0.4) is 0 Å². The molecule has 3 aromatic rings. The summed E-state index contributed by atoms with van der Waals surface area (Å²) in [5.74, 6) is -0.693. The molecule has 0 aliphatic carbocycles. The van der Waals surface area contributed by atoms with E-state index in [2.05, 4.69) is 15.3 Å². The zero-order chi connectivity index (χ0) is 18.8. The third-order valence-corrected chi connectivity index (χ3v) is 4.40. The van der Waals surface area contributed by atoms with Gasteiger partial charge in [0.05, 0.1) is 10.6 Å². The Morgan fingerprint density at radius 3 is 2.69 bits per heavy atom. The lowest BCUT2D eigenvalue weighted by Gasteiger charge is -2.13. The number of halogens is 1. The largest absolute Gasteiger partial charge is 0.449 e. The number of nitrogens with zero attached hydrogens (tertiary/aromatic N) is 1. The molecule has 2 N–H and O–H groups in total. The fourth-order valence-electron chi connectivity index (χ4n) is 2.55. The van der Waals surface area contributed by atoms with Gasteiger partial charge < -0.3 is 15.0 Å². The van der Waals surface area contributed by atoms with Crippen molar-refractivity contribution in [1.29, 1.82) is 0 Å². The second kappa shape index (κ2) is 7.17. The first-order valence-electron chi connectivity index (χ1n) is 8.07. The van der Waals surface area contributed by atoms with Crippen LogP contribution >= 0.6 is 11.6 Å². The van der Waals surface area contributed by atoms with Gasteiger partial charge in [0.1, 0.15) is 5.82 Å². The Bertz CT molecular complexity index is 980. The molecule has 7 heteroatoms. The number of anilines is 1. The maximum Gasteiger partial charge on any atom is 0.338 e. The molecular weight excluding hydrogens is 354 g/mol. The minimum atomic E-state index is -0.968. The van der Waals surface area contributed by atoms with Crippen molar-refractivity contribution in [1.82, 2.24) is 9.97 Å². The summed E-state index contributed by atoms with van der Waals surface area (Å²) in [7, 11) is 0. The van der Waals surface area contributed by atoms with E-state index in [0.29, 0.717) is 16.4 Å². The maximum absolute atomic E-state index is 12.4. The fourth-order valence-corrected chi connectivity index (χ4v) is 2.66. The highest BCUT2D eigenvalue weighted by atomic mass is 35.5. The van der Waals surface area contributed by atoms with Gasteiger partial charge >= 0.3 is 5.97 Å². The summed E-state index contributed by atoms with van der Waals surface area (Å²) < 4.78 is 5.27. The van der Waals surface area contributed by atoms with Gasteiger partial charge in [-0.25, -0.2) is 9.78 Å². The first kappa shape index (κ1) is 17.9. The van der Waals surface area contributed by atoms with E-state index in [1.807, 2.05) is 19.9 Å². The summed E-state index contributed by atoms with van der Waals surface area (Å²) in [4.78, 5) is 31.8. The number of amides is 1. The zero-order valence-electron chi connectivity index (χ0n) is 14.6. The average Bonchev–Trinajstić information content (AvgIpc) is 2.90. The van der Waals surface area contributed by atoms with Crippen molar-refractivity contribution in [3.05, 3.63) is 58.4 Å². The lowest BCUT2D eigenvalue weighted by Crippen LogP contribution is -2.30. The minimum absolute atomic E-state index is 0.335. The highest BCUT2D eigenvalue weighted by Gasteiger charge is 2.20. The molecule has 0 spiro atoms. The van der Waals surface area contributed by atoms with Crippen LogP contribution in [0.1, 0.15) is 28.5 Å². The lowest BCUT2D eigenvalue weighted by molar-refractivity contribution is -0.123. The van der Waals surface area contributed by atoms with Crippen LogP contribution in [-0.4, -0.2) is 27.9 Å². The molecular formula is C19H18ClN3O3. The van der Waals surface area contributed by atoms with E-state index in [1.54, 1.807) is 24.3 Å². The number of aromatic nitrogens is 2. The van der Waals surface area contributed by atoms with Crippen LogP contribution in [0.5, 0.6) is 0 Å². The summed E-state index contributed by atoms with van der Waals surface area (Å²) in [6, 6.07) is 8.44. The molecule has 1 atom stereocenters. The number of H-pyrrole nitrogens is 1. The van der Waals surface area contributed by atoms with E-state index >= 15 is 0 Å². The fraction of sp³-hybridized carbons (Fsp3) is 0.211. The number of carbonyl (C=O) groups excluding carboxylic acids is 2. The summed E-state index contributed by atoms with van der Waals surface area (Å²) >= 11 is 5.75. The molecule has 0 saturated carbocycles. The number of aryl methyl sites for hydroxylation is 2. The van der Waals surface area contributed by atoms with Crippen molar-refractivity contribution in [2.45, 2.75) is 26.9 Å². The Labute approximate surface area is 155 Å². The first-order valence-corrected chi connectivity index (χ1v) is 8.45. The van der Waals surface area contributed by atoms with Crippen LogP contribution < -0.4 is 5.32 Å². The molecule has 0 bridgehead atoms. The summed E-state index contributed by atoms with van der Waals surface area (Å²) in [6.45, 7) is 5.47. The number of pyridine rings is 1. The van der Waals surface area contributed by atoms with Crippen molar-refractivity contribution >= 4 is 40.2 Å². The van der Waals surface area contributed by atoms with Gasteiger partial charge in [-0.1, -0.05) is 11.6 Å². The predicted molar refractivity (Wildman–Crippen MR) is 101 cm³/mol. The number of hydrogen-bond donors (Lipinski definition) is 2. The van der Waals surface area contributed by atoms with Gasteiger partial charge in [-0.3, -0.25) is 4.79 Å². The third-order valence-electron chi connectivity index (χ3n) is 4.18. The second-order valence-electron chi connectivity index (χ2n) is 6.03. The number of nitrogens with one attached hydrogen (secondary N) is 2. The Hall–Kier alpha value is -2.86. The molecule has 1 amide bonds. The average molecular weight is 372 g/mol. The number of carbonyl (C=O) groups is 2. The van der Waals surface area contributed by atoms with Crippen LogP contribution in [0, 0.1) is 13.8 Å². The summed E-state index contributed by atoms with van der Waals surface area (Å²) in [5, 5.41) is 4.00. The molecule has 0 aliphatic rings. The van der Waals surface area contributed by atoms with E-state index in [4.69, 9.17) is 16.3 Å². The third kappa shape index (κ3) is 3.70. The SMILES string of the molecule is Cc1[nH]c2ccc(C(=O)OC(C)C(=O)Nc3ccc(Cl)cn3)cc2c1C. The second-order valence-corrected chi connectivity index (χ2v) is 6.47. The van der Waals surface area contributed by atoms with Gasteiger partial charge in [0, 0.05) is 22.8 Å². The molecule has 6 nitrogen and oxygen atoms in total. The Kier molecular flexibility index (Phi) is 4.95. The molecule has 3 rings (SSSR count). The van der Waals surface area contributed by atoms with Gasteiger partial charge in [-0.2, -0.15) is 0 Å². The smallest absolute Gasteiger partial charge is 0.338 e. The Morgan fingerprint density at radius 2 is 2.00 bits per heavy atom. The van der Waals surface area contributed by atoms with E-state index in [9.17, 15) is 9.59 Å². The van der Waals surface area contributed by atoms with E-state index < -0.39 is 18.0 Å². The molecule has 1 aromatic carbocycles. The van der Waals surface area contributed by atoms with Crippen LogP contribution in [0.2, 0.25) is 5.02 Å². The predicted octanol–water partition coefficient (Wildman–Crippen LogP) is 4.02. The van der Waals surface area contributed by atoms with Crippen molar-refractivity contribution < 1.29 is 14.3 Å². The van der Waals surface area contributed by atoms with E-state index in [-0.39, 0.29) is 0 Å². The highest BCUT2D eigenvalue weighted by Crippen LogP contribution is 2.23. The standard InChI is InChI=1S/C19H18ClN3O3/c1-10-11(2)22-16-6-4-13(8-15(10)16)19(25)26-12(3)18(24)23-17-7-5-14(20)9-21-17/h4-9,12,22H,1-3H3,(H,21,23,24). The minimum Gasteiger partial charge on any atom is -0.449 e. The zero-order valence-corrected chi connectivity index (χ0v) is 15.3. The van der Waals surface area contributed by atoms with Gasteiger partial charge in [0.25, 0.3) is 5.91 Å². The molecule has 1 unspecified atom stereocenters. The topological polar surface area (TPSA) is 84.1 Å². The van der Waals surface area contributed by atoms with Crippen molar-refractivity contribution in [2.75, 3.05) is 5.32 Å². The molecule has 2 heterocycles. The lowest BCUT2D eigenvalue weighted by atomic mass is 10.1. The van der Waals surface area contributed by atoms with Crippen molar-refractivity contribution in [2.24, 2.45) is 0 Å². The van der Waals surface area contributed by atoms with E-state index in [0.717, 1.165) is 22.2 Å². The van der Waals surface area contributed by atoms with Gasteiger partial charge in [-0.15, -0.1) is 0 Å². The van der Waals surface area contributed by atoms with Crippen LogP contribution in [0.25, 0.3) is 10.9 Å². The van der Waals surface area contributed by atoms with Gasteiger partial charge in [0.15, 0.2) is 6.10 Å². The van der Waals surface area contributed by atoms with Gasteiger partial charge in [-0.05, 0) is 56.7 Å². The number of fused-ring (bicyclic) bond motifs is 1. The van der Waals surface area contributed by atoms with Crippen molar-refractivity contribution in [3.63, 3.8) is 0 Å². The van der Waals surface area contributed by atoms with Crippen LogP contribution in [0.15, 0.2) is 36.5 Å². The summed E-state index contributed by atoms with van der Waals surface area (Å²) in [5.41, 5.74) is 3.48. The molecule has 0 fully saturated rings. The number of hydrogen-bond acceptors (Lipinski definition) is 4. The maximum atomic E-state index is 12.4. The molecule has 2 aromatic heterocycles. The quantitative estimate of drug-likeness (QED) is 0.678. The Morgan fingerprint density at radius 1 is 1.23 bits per heavy atom. The van der Waals surface area contributed by atoms with Crippen LogP contribution in [0.4, 0.5) is 5.82 Å². The van der Waals surface area contributed by atoms with E-state index in [1.165, 1.54) is 13.1 Å². The molecule has 26 heavy (non-hydrogen) atoms. The first-order chi connectivity index (χ1) is 12.3. The number of rotatable bonds is 4. The number of aromatic amines is 1. The number of ether oxygens (including phenoxy) is 1. The Balaban J connectivity index is 1.69. The highest BCUT2D eigenvalue weighted by molar-refractivity contribution is 6.30. The number of esters is 1. The van der Waals surface area contributed by atoms with Gasteiger partial charge in [0.2, 0.25) is 0 Å². The molecule has 0 radical (unpaired) electrons. The number of benzene rings is 1. The molecule has 0 saturated heterocycles. The molecule has 0 aliphatic heterocycles. The van der Waals surface area contributed by atoms with Crippen LogP contribution in [-0.2, 0) is 9.53 Å².